The van der Waals surface area contributed by atoms with Crippen LogP contribution in [0.2, 0.25) is 0 Å². The first-order chi connectivity index (χ1) is 11.5. The Bertz CT molecular complexity index is 737. The number of ether oxygens (including phenoxy) is 2. The number of benzene rings is 1. The zero-order chi connectivity index (χ0) is 17.7. The number of rotatable bonds is 7. The van der Waals surface area contributed by atoms with E-state index in [1.165, 1.54) is 7.11 Å². The number of nitrogens with zero attached hydrogens (tertiary/aromatic N) is 1. The Morgan fingerprint density at radius 1 is 1.42 bits per heavy atom. The van der Waals surface area contributed by atoms with Gasteiger partial charge in [0.25, 0.3) is 5.91 Å². The first kappa shape index (κ1) is 17.6. The number of oxazole rings is 1. The molecule has 0 bridgehead atoms. The average Bonchev–Trinajstić information content (AvgIpc) is 3.00. The van der Waals surface area contributed by atoms with Crippen LogP contribution in [0.4, 0.5) is 0 Å². The van der Waals surface area contributed by atoms with E-state index in [-0.39, 0.29) is 11.9 Å². The molecule has 0 spiro atoms. The SMILES string of the molecule is C=CCc1cc(C(=O)NC(C)c2ncc(C)o2)cc(OC)c1OC. The molecule has 128 valence electrons. The second kappa shape index (κ2) is 7.68. The summed E-state index contributed by atoms with van der Waals surface area (Å²) in [4.78, 5) is 16.7. The lowest BCUT2D eigenvalue weighted by Crippen LogP contribution is -2.27. The van der Waals surface area contributed by atoms with Crippen molar-refractivity contribution in [2.24, 2.45) is 0 Å². The highest BCUT2D eigenvalue weighted by molar-refractivity contribution is 5.95. The highest BCUT2D eigenvalue weighted by atomic mass is 16.5. The fourth-order valence-electron chi connectivity index (χ4n) is 2.40. The van der Waals surface area contributed by atoms with E-state index in [0.29, 0.717) is 35.1 Å². The molecule has 1 N–H and O–H groups in total. The number of aromatic nitrogens is 1. The van der Waals surface area contributed by atoms with Gasteiger partial charge >= 0.3 is 0 Å². The van der Waals surface area contributed by atoms with Crippen LogP contribution in [0.3, 0.4) is 0 Å². The van der Waals surface area contributed by atoms with Gasteiger partial charge in [-0.1, -0.05) is 6.08 Å². The van der Waals surface area contributed by atoms with Gasteiger partial charge in [-0.3, -0.25) is 4.79 Å². The average molecular weight is 330 g/mol. The molecule has 0 radical (unpaired) electrons. The quantitative estimate of drug-likeness (QED) is 0.789. The predicted molar refractivity (Wildman–Crippen MR) is 90.6 cm³/mol. The lowest BCUT2D eigenvalue weighted by atomic mass is 10.0. The van der Waals surface area contributed by atoms with Crippen LogP contribution in [0.15, 0.2) is 35.4 Å². The van der Waals surface area contributed by atoms with E-state index in [0.717, 1.165) is 5.56 Å². The number of carbonyl (C=O) groups is 1. The van der Waals surface area contributed by atoms with Crippen molar-refractivity contribution in [3.63, 3.8) is 0 Å². The van der Waals surface area contributed by atoms with E-state index >= 15 is 0 Å². The molecule has 0 aliphatic heterocycles. The van der Waals surface area contributed by atoms with Crippen LogP contribution in [-0.2, 0) is 6.42 Å². The summed E-state index contributed by atoms with van der Waals surface area (Å²) in [6, 6.07) is 3.07. The normalized spacial score (nSPS) is 11.7. The molecular formula is C18H22N2O4. The zero-order valence-corrected chi connectivity index (χ0v) is 14.4. The lowest BCUT2D eigenvalue weighted by Gasteiger charge is -2.15. The van der Waals surface area contributed by atoms with Crippen molar-refractivity contribution in [3.8, 4) is 11.5 Å². The number of allylic oxidation sites excluding steroid dienone is 1. The molecule has 2 rings (SSSR count). The largest absolute Gasteiger partial charge is 0.493 e. The van der Waals surface area contributed by atoms with Crippen LogP contribution in [-0.4, -0.2) is 25.1 Å². The Morgan fingerprint density at radius 3 is 2.71 bits per heavy atom. The molecular weight excluding hydrogens is 308 g/mol. The van der Waals surface area contributed by atoms with E-state index in [1.807, 2.05) is 6.92 Å². The predicted octanol–water partition coefficient (Wildman–Crippen LogP) is 3.22. The fraction of sp³-hybridized carbons (Fsp3) is 0.333. The van der Waals surface area contributed by atoms with Crippen molar-refractivity contribution in [1.29, 1.82) is 0 Å². The van der Waals surface area contributed by atoms with E-state index in [9.17, 15) is 4.79 Å². The molecule has 0 aliphatic rings. The third-order valence-electron chi connectivity index (χ3n) is 3.54. The molecule has 0 saturated carbocycles. The highest BCUT2D eigenvalue weighted by Crippen LogP contribution is 2.33. The maximum Gasteiger partial charge on any atom is 0.252 e. The molecule has 6 heteroatoms. The summed E-state index contributed by atoms with van der Waals surface area (Å²) < 4.78 is 16.2. The van der Waals surface area contributed by atoms with E-state index in [4.69, 9.17) is 13.9 Å². The number of hydrogen-bond acceptors (Lipinski definition) is 5. The molecule has 2 aromatic rings. The lowest BCUT2D eigenvalue weighted by molar-refractivity contribution is 0.0933. The first-order valence-corrected chi connectivity index (χ1v) is 7.59. The van der Waals surface area contributed by atoms with Crippen LogP contribution in [0, 0.1) is 6.92 Å². The van der Waals surface area contributed by atoms with Crippen LogP contribution in [0.5, 0.6) is 11.5 Å². The van der Waals surface area contributed by atoms with Crippen molar-refractivity contribution in [2.45, 2.75) is 26.3 Å². The standard InChI is InChI=1S/C18H22N2O4/c1-6-7-13-8-14(9-15(22-4)16(13)23-5)17(21)20-12(3)18-19-10-11(2)24-18/h6,8-10,12H,1,7H2,2-5H3,(H,20,21). The summed E-state index contributed by atoms with van der Waals surface area (Å²) in [5.74, 6) is 2.02. The molecule has 1 atom stereocenters. The molecule has 1 unspecified atom stereocenters. The van der Waals surface area contributed by atoms with E-state index in [2.05, 4.69) is 16.9 Å². The van der Waals surface area contributed by atoms with Crippen molar-refractivity contribution in [3.05, 3.63) is 53.8 Å². The minimum atomic E-state index is -0.345. The van der Waals surface area contributed by atoms with Crippen molar-refractivity contribution in [2.75, 3.05) is 14.2 Å². The van der Waals surface area contributed by atoms with Crippen LogP contribution in [0.1, 0.15) is 40.5 Å². The minimum absolute atomic E-state index is 0.246. The Morgan fingerprint density at radius 2 is 2.17 bits per heavy atom. The molecule has 1 amide bonds. The smallest absolute Gasteiger partial charge is 0.252 e. The van der Waals surface area contributed by atoms with Crippen LogP contribution in [0.25, 0.3) is 0 Å². The monoisotopic (exact) mass is 330 g/mol. The maximum absolute atomic E-state index is 12.6. The third-order valence-corrected chi connectivity index (χ3v) is 3.54. The van der Waals surface area contributed by atoms with E-state index < -0.39 is 0 Å². The van der Waals surface area contributed by atoms with Crippen molar-refractivity contribution < 1.29 is 18.7 Å². The molecule has 1 heterocycles. The Kier molecular flexibility index (Phi) is 5.63. The van der Waals surface area contributed by atoms with Gasteiger partial charge in [-0.15, -0.1) is 6.58 Å². The van der Waals surface area contributed by atoms with Gasteiger partial charge in [-0.05, 0) is 32.4 Å². The maximum atomic E-state index is 12.6. The molecule has 0 fully saturated rings. The second-order valence-corrected chi connectivity index (χ2v) is 5.37. The molecule has 0 saturated heterocycles. The molecule has 0 aliphatic carbocycles. The summed E-state index contributed by atoms with van der Waals surface area (Å²) in [5.41, 5.74) is 1.30. The molecule has 24 heavy (non-hydrogen) atoms. The first-order valence-electron chi connectivity index (χ1n) is 7.59. The minimum Gasteiger partial charge on any atom is -0.493 e. The fourth-order valence-corrected chi connectivity index (χ4v) is 2.40. The van der Waals surface area contributed by atoms with Gasteiger partial charge in [0, 0.05) is 11.1 Å². The van der Waals surface area contributed by atoms with Crippen LogP contribution >= 0.6 is 0 Å². The number of aryl methyl sites for hydroxylation is 1. The molecule has 1 aromatic carbocycles. The second-order valence-electron chi connectivity index (χ2n) is 5.37. The van der Waals surface area contributed by atoms with Gasteiger partial charge in [0.2, 0.25) is 5.89 Å². The summed E-state index contributed by atoms with van der Waals surface area (Å²) in [6.45, 7) is 7.35. The Balaban J connectivity index is 2.28. The van der Waals surface area contributed by atoms with Crippen molar-refractivity contribution in [1.82, 2.24) is 10.3 Å². The Labute approximate surface area is 141 Å². The zero-order valence-electron chi connectivity index (χ0n) is 14.4. The number of amides is 1. The van der Waals surface area contributed by atoms with E-state index in [1.54, 1.807) is 38.4 Å². The van der Waals surface area contributed by atoms with Gasteiger partial charge in [-0.25, -0.2) is 4.98 Å². The van der Waals surface area contributed by atoms with Gasteiger partial charge < -0.3 is 19.2 Å². The van der Waals surface area contributed by atoms with Crippen LogP contribution < -0.4 is 14.8 Å². The number of carbonyl (C=O) groups excluding carboxylic acids is 1. The number of methoxy groups -OCH3 is 2. The third kappa shape index (κ3) is 3.76. The topological polar surface area (TPSA) is 73.6 Å². The summed E-state index contributed by atoms with van der Waals surface area (Å²) >= 11 is 0. The van der Waals surface area contributed by atoms with Gasteiger partial charge in [0.1, 0.15) is 11.8 Å². The molecule has 1 aromatic heterocycles. The van der Waals surface area contributed by atoms with Gasteiger partial charge in [0.05, 0.1) is 20.4 Å². The Hall–Kier alpha value is -2.76. The molecule has 6 nitrogen and oxygen atoms in total. The van der Waals surface area contributed by atoms with Gasteiger partial charge in [-0.2, -0.15) is 0 Å². The van der Waals surface area contributed by atoms with Crippen molar-refractivity contribution >= 4 is 5.91 Å². The number of hydrogen-bond donors (Lipinski definition) is 1. The summed E-state index contributed by atoms with van der Waals surface area (Å²) in [7, 11) is 3.10. The highest BCUT2D eigenvalue weighted by Gasteiger charge is 2.19. The van der Waals surface area contributed by atoms with Gasteiger partial charge in [0.15, 0.2) is 11.5 Å². The summed E-state index contributed by atoms with van der Waals surface area (Å²) in [6.07, 6.45) is 3.93. The summed E-state index contributed by atoms with van der Waals surface area (Å²) in [5, 5.41) is 2.87. The number of nitrogens with one attached hydrogen (secondary N) is 1.